The predicted octanol–water partition coefficient (Wildman–Crippen LogP) is 2.64. The molecule has 0 radical (unpaired) electrons. The van der Waals surface area contributed by atoms with Crippen LogP contribution in [0.1, 0.15) is 76.2 Å². The fraction of sp³-hybridized carbons (Fsp3) is 0.303. The van der Waals surface area contributed by atoms with Gasteiger partial charge >= 0.3 is 35.5 Å². The number of pyridine rings is 2. The molecular formula is C33H30N3NaO6. The van der Waals surface area contributed by atoms with Crippen molar-refractivity contribution in [1.29, 1.82) is 0 Å². The number of methoxy groups -OCH3 is 1. The molecule has 2 aliphatic heterocycles. The van der Waals surface area contributed by atoms with Crippen LogP contribution in [0.3, 0.4) is 0 Å². The number of Topliss-reactive ketones (excluding diaryl/α,β-unsaturated/α-hetero) is 1. The van der Waals surface area contributed by atoms with E-state index < -0.39 is 11.6 Å². The molecule has 9 nitrogen and oxygen atoms in total. The second-order valence-corrected chi connectivity index (χ2v) is 11.4. The Morgan fingerprint density at radius 2 is 1.86 bits per heavy atom. The summed E-state index contributed by atoms with van der Waals surface area (Å²) in [6.45, 7) is 0.888. The van der Waals surface area contributed by atoms with Crippen molar-refractivity contribution in [1.82, 2.24) is 14.9 Å². The van der Waals surface area contributed by atoms with Crippen LogP contribution in [0.4, 0.5) is 0 Å². The second kappa shape index (κ2) is 11.4. The van der Waals surface area contributed by atoms with E-state index in [9.17, 15) is 19.5 Å². The Kier molecular flexibility index (Phi) is 7.75. The Morgan fingerprint density at radius 1 is 1.07 bits per heavy atom. The van der Waals surface area contributed by atoms with Crippen molar-refractivity contribution in [3.63, 3.8) is 0 Å². The van der Waals surface area contributed by atoms with E-state index >= 15 is 0 Å². The average molecular weight is 588 g/mol. The van der Waals surface area contributed by atoms with Gasteiger partial charge in [-0.15, -0.1) is 0 Å². The van der Waals surface area contributed by atoms with Crippen molar-refractivity contribution in [2.75, 3.05) is 20.2 Å². The molecule has 2 aromatic carbocycles. The molecule has 1 N–H and O–H groups in total. The number of ketones is 1. The van der Waals surface area contributed by atoms with Crippen LogP contribution in [-0.4, -0.2) is 63.4 Å². The van der Waals surface area contributed by atoms with Crippen molar-refractivity contribution in [2.24, 2.45) is 0 Å². The van der Waals surface area contributed by atoms with Gasteiger partial charge in [0.25, 0.3) is 5.91 Å². The zero-order valence-electron chi connectivity index (χ0n) is 25.1. The van der Waals surface area contributed by atoms with Crippen LogP contribution in [0.25, 0.3) is 22.0 Å². The molecule has 1 saturated carbocycles. The summed E-state index contributed by atoms with van der Waals surface area (Å²) in [6, 6.07) is 14.7. The van der Waals surface area contributed by atoms with Crippen LogP contribution in [0.15, 0.2) is 60.9 Å². The summed E-state index contributed by atoms with van der Waals surface area (Å²) in [5.41, 5.74) is 3.54. The van der Waals surface area contributed by atoms with Crippen LogP contribution in [0, 0.1) is 0 Å². The Balaban J connectivity index is 0.00000192. The Hall–Kier alpha value is -3.79. The van der Waals surface area contributed by atoms with Gasteiger partial charge in [0.15, 0.2) is 5.78 Å². The topological polar surface area (TPSA) is 119 Å². The molecule has 2 fully saturated rings. The van der Waals surface area contributed by atoms with Gasteiger partial charge in [-0.1, -0.05) is 18.2 Å². The summed E-state index contributed by atoms with van der Waals surface area (Å²) in [6.07, 6.45) is 6.39. The minimum absolute atomic E-state index is 0. The van der Waals surface area contributed by atoms with E-state index in [1.807, 2.05) is 12.1 Å². The molecule has 4 aromatic rings. The third kappa shape index (κ3) is 5.41. The number of para-hydroxylation sites is 1. The van der Waals surface area contributed by atoms with E-state index in [1.165, 1.54) is 17.8 Å². The molecule has 0 atom stereocenters. The quantitative estimate of drug-likeness (QED) is 0.354. The number of hydrogen-bond donors (Lipinski definition) is 1. The Labute approximate surface area is 272 Å². The second-order valence-electron chi connectivity index (χ2n) is 11.4. The van der Waals surface area contributed by atoms with Crippen LogP contribution < -0.4 is 39.0 Å². The van der Waals surface area contributed by atoms with Gasteiger partial charge in [-0.2, -0.15) is 0 Å². The van der Waals surface area contributed by atoms with Crippen LogP contribution >= 0.6 is 0 Å². The zero-order valence-corrected chi connectivity index (χ0v) is 26.1. The first-order chi connectivity index (χ1) is 20.3. The van der Waals surface area contributed by atoms with E-state index in [0.29, 0.717) is 65.7 Å². The largest absolute Gasteiger partial charge is 1.00 e. The van der Waals surface area contributed by atoms with Gasteiger partial charge in [0, 0.05) is 55.3 Å². The van der Waals surface area contributed by atoms with Crippen LogP contribution in [-0.2, 0) is 0 Å². The van der Waals surface area contributed by atoms with Gasteiger partial charge < -0.3 is 20.9 Å². The van der Waals surface area contributed by atoms with E-state index in [4.69, 9.17) is 14.5 Å². The number of amides is 1. The van der Waals surface area contributed by atoms with Crippen LogP contribution in [0.5, 0.6) is 11.5 Å². The summed E-state index contributed by atoms with van der Waals surface area (Å²) < 4.78 is 12.1. The first-order valence-corrected chi connectivity index (χ1v) is 14.2. The number of fused-ring (bicyclic) bond motifs is 2. The smallest absolute Gasteiger partial charge is 1.00 e. The van der Waals surface area contributed by atoms with Gasteiger partial charge in [0.2, 0.25) is 0 Å². The summed E-state index contributed by atoms with van der Waals surface area (Å²) in [7, 11) is 1.61. The van der Waals surface area contributed by atoms with E-state index in [2.05, 4.69) is 11.1 Å². The maximum atomic E-state index is 13.6. The average Bonchev–Trinajstić information content (AvgIpc) is 3.86. The molecule has 1 spiro atoms. The molecule has 10 heteroatoms. The fourth-order valence-electron chi connectivity index (χ4n) is 6.19. The minimum Gasteiger partial charge on any atom is -1.00 e. The van der Waals surface area contributed by atoms with Crippen molar-refractivity contribution in [3.05, 3.63) is 83.3 Å². The minimum atomic E-state index is -1.06. The molecule has 1 saturated heterocycles. The molecule has 3 aliphatic rings. The van der Waals surface area contributed by atoms with E-state index in [0.717, 1.165) is 23.7 Å². The molecule has 7 rings (SSSR count). The van der Waals surface area contributed by atoms with Crippen molar-refractivity contribution >= 4 is 28.6 Å². The molecule has 214 valence electrons. The van der Waals surface area contributed by atoms with Gasteiger partial charge in [-0.05, 0) is 54.2 Å². The van der Waals surface area contributed by atoms with Gasteiger partial charge in [-0.25, -0.2) is 9.78 Å². The zero-order chi connectivity index (χ0) is 29.0. The summed E-state index contributed by atoms with van der Waals surface area (Å²) in [5, 5.41) is 10.2. The number of carbonyl (C=O) groups excluding carboxylic acids is 2. The normalized spacial score (nSPS) is 17.1. The van der Waals surface area contributed by atoms with Gasteiger partial charge in [-0.3, -0.25) is 14.6 Å². The van der Waals surface area contributed by atoms with Crippen molar-refractivity contribution < 1.29 is 59.9 Å². The maximum Gasteiger partial charge on any atom is 1.00 e. The molecule has 2 aromatic heterocycles. The summed E-state index contributed by atoms with van der Waals surface area (Å²) in [5.74, 6) is 0.381. The Morgan fingerprint density at radius 3 is 2.58 bits per heavy atom. The van der Waals surface area contributed by atoms with E-state index in [1.54, 1.807) is 42.5 Å². The third-order valence-electron chi connectivity index (χ3n) is 8.66. The first-order valence-electron chi connectivity index (χ1n) is 14.2. The van der Waals surface area contributed by atoms with Crippen molar-refractivity contribution in [3.8, 4) is 22.6 Å². The molecule has 0 bridgehead atoms. The molecule has 0 unspecified atom stereocenters. The molecule has 43 heavy (non-hydrogen) atoms. The number of carboxylic acid groups (broad SMARTS) is 1. The molecule has 4 heterocycles. The summed E-state index contributed by atoms with van der Waals surface area (Å²) in [4.78, 5) is 49.0. The number of piperidine rings is 1. The molecular weight excluding hydrogens is 557 g/mol. The monoisotopic (exact) mass is 587 g/mol. The Bertz CT molecular complexity index is 1790. The number of ether oxygens (including phenoxy) is 2. The number of hydrogen-bond acceptors (Lipinski definition) is 7. The number of aromatic carboxylic acids is 1. The van der Waals surface area contributed by atoms with Crippen molar-refractivity contribution in [2.45, 2.75) is 43.6 Å². The molecule has 1 amide bonds. The number of aromatic nitrogens is 2. The third-order valence-corrected chi connectivity index (χ3v) is 8.66. The SMILES string of the molecule is COc1cc(C(=O)N2CCC3(CC2)CC(=O)c2cc(-c4cncc(C(=O)O)c4)ccc2O3)nc2c(C3CC3)cccc12.[H-].[Na+]. The van der Waals surface area contributed by atoms with Gasteiger partial charge in [0.05, 0.1) is 30.2 Å². The van der Waals surface area contributed by atoms with E-state index in [-0.39, 0.29) is 54.7 Å². The fourth-order valence-corrected chi connectivity index (χ4v) is 6.19. The van der Waals surface area contributed by atoms with Crippen LogP contribution in [0.2, 0.25) is 0 Å². The summed E-state index contributed by atoms with van der Waals surface area (Å²) >= 11 is 0. The number of benzene rings is 2. The standard InChI is InChI=1S/C33H29N3O6.Na.H/c1-41-29-15-26(35-30-23(19-5-6-19)3-2-4-24(29)30)31(38)36-11-9-33(10-12-36)16-27(37)25-14-20(7-8-28(25)42-33)21-13-22(32(39)40)18-34-17-21;;/h2-4,7-8,13-15,17-19H,5-6,9-12,16H2,1H3,(H,39,40);;/q;+1;-1. The number of rotatable bonds is 5. The van der Waals surface area contributed by atoms with Gasteiger partial charge in [0.1, 0.15) is 22.8 Å². The number of nitrogens with zero attached hydrogens (tertiary/aromatic N) is 3. The first kappa shape index (κ1) is 29.3. The predicted molar refractivity (Wildman–Crippen MR) is 155 cm³/mol. The maximum absolute atomic E-state index is 13.6. The number of carboxylic acids is 1. The number of likely N-dealkylation sites (tertiary alicyclic amines) is 1. The molecule has 1 aliphatic carbocycles. The number of carbonyl (C=O) groups is 3.